The highest BCUT2D eigenvalue weighted by molar-refractivity contribution is 6.04. The van der Waals surface area contributed by atoms with Gasteiger partial charge in [0.2, 0.25) is 0 Å². The molecule has 0 saturated heterocycles. The number of aromatic nitrogens is 2. The predicted molar refractivity (Wildman–Crippen MR) is 132 cm³/mol. The molecule has 9 nitrogen and oxygen atoms in total. The van der Waals surface area contributed by atoms with E-state index in [0.29, 0.717) is 50.9 Å². The Morgan fingerprint density at radius 1 is 1.11 bits per heavy atom. The fourth-order valence-electron chi connectivity index (χ4n) is 4.45. The topological polar surface area (TPSA) is 119 Å². The number of nitrogens with zero attached hydrogens (tertiary/aromatic N) is 2. The van der Waals surface area contributed by atoms with Crippen molar-refractivity contribution in [3.05, 3.63) is 74.3 Å². The molecule has 10 heteroatoms. The maximum absolute atomic E-state index is 15.1. The number of nitrogens with one attached hydrogen (secondary N) is 2. The molecule has 0 aliphatic carbocycles. The van der Waals surface area contributed by atoms with E-state index in [-0.39, 0.29) is 27.8 Å². The molecule has 35 heavy (non-hydrogen) atoms. The van der Waals surface area contributed by atoms with Crippen LogP contribution in [0.4, 0.5) is 15.8 Å². The van der Waals surface area contributed by atoms with Crippen molar-refractivity contribution < 1.29 is 18.1 Å². The number of anilines is 1. The molecule has 176 valence electrons. The van der Waals surface area contributed by atoms with E-state index in [2.05, 4.69) is 10.3 Å². The zero-order valence-corrected chi connectivity index (χ0v) is 18.8. The van der Waals surface area contributed by atoms with Crippen molar-refractivity contribution in [3.63, 3.8) is 0 Å². The second kappa shape index (κ2) is 7.45. The van der Waals surface area contributed by atoms with Crippen molar-refractivity contribution in [1.29, 1.82) is 0 Å². The van der Waals surface area contributed by atoms with Crippen molar-refractivity contribution in [3.8, 4) is 0 Å². The van der Waals surface area contributed by atoms with Crippen LogP contribution in [-0.2, 0) is 0 Å². The number of nitro benzene ring substituents is 1. The van der Waals surface area contributed by atoms with E-state index in [1.54, 1.807) is 35.7 Å². The first kappa shape index (κ1) is 21.0. The number of benzene rings is 3. The molecule has 0 aliphatic heterocycles. The van der Waals surface area contributed by atoms with Crippen molar-refractivity contribution in [1.82, 2.24) is 9.38 Å². The monoisotopic (exact) mass is 474 g/mol. The maximum Gasteiger partial charge on any atom is 0.273 e. The Morgan fingerprint density at radius 2 is 1.91 bits per heavy atom. The third kappa shape index (κ3) is 3.10. The smallest absolute Gasteiger partial charge is 0.273 e. The van der Waals surface area contributed by atoms with Gasteiger partial charge < -0.3 is 23.5 Å². The summed E-state index contributed by atoms with van der Waals surface area (Å²) in [6, 6.07) is 9.01. The van der Waals surface area contributed by atoms with Gasteiger partial charge in [0.15, 0.2) is 33.6 Å². The number of nitro groups is 1. The second-order valence-corrected chi connectivity index (χ2v) is 8.48. The van der Waals surface area contributed by atoms with E-state index in [1.807, 2.05) is 6.92 Å². The van der Waals surface area contributed by atoms with Crippen LogP contribution in [0.5, 0.6) is 0 Å². The van der Waals surface area contributed by atoms with Crippen molar-refractivity contribution in [2.24, 2.45) is 0 Å². The average Bonchev–Trinajstić information content (AvgIpc) is 2.83. The first-order valence-corrected chi connectivity index (χ1v) is 11.1. The standard InChI is InChI=1S/C25H19FN4O5/c1-3-6-27-22-15(26)8-14-23-25(22)35-21-9-17-20(10-18(21)29(23)11-12(2)24(14)31)34-19-7-13(30(32)33)4-5-16(19)28-17/h4-5,7-11,27-28H,3,6H2,1-2H3. The minimum atomic E-state index is -0.561. The summed E-state index contributed by atoms with van der Waals surface area (Å²) in [5, 5.41) is 14.5. The predicted octanol–water partition coefficient (Wildman–Crippen LogP) is 6.17. The van der Waals surface area contributed by atoms with Gasteiger partial charge in [-0.3, -0.25) is 14.9 Å². The summed E-state index contributed by atoms with van der Waals surface area (Å²) >= 11 is 0. The molecule has 3 aromatic carbocycles. The number of rotatable bonds is 4. The number of hydrogen-bond acceptors (Lipinski definition) is 6. The summed E-state index contributed by atoms with van der Waals surface area (Å²) in [5.74, 6) is -0.561. The molecule has 0 amide bonds. The number of halogens is 1. The third-order valence-corrected chi connectivity index (χ3v) is 6.12. The molecule has 3 aromatic heterocycles. The Bertz CT molecular complexity index is 1930. The van der Waals surface area contributed by atoms with E-state index >= 15 is 4.39 Å². The fourth-order valence-corrected chi connectivity index (χ4v) is 4.45. The molecular weight excluding hydrogens is 455 g/mol. The van der Waals surface area contributed by atoms with Gasteiger partial charge in [-0.15, -0.1) is 0 Å². The molecule has 3 heterocycles. The molecule has 0 unspecified atom stereocenters. The maximum atomic E-state index is 15.1. The lowest BCUT2D eigenvalue weighted by Crippen LogP contribution is -2.12. The summed E-state index contributed by atoms with van der Waals surface area (Å²) in [7, 11) is 0. The van der Waals surface area contributed by atoms with Crippen LogP contribution in [-0.4, -0.2) is 20.9 Å². The Kier molecular flexibility index (Phi) is 4.47. The first-order chi connectivity index (χ1) is 16.9. The normalized spacial score (nSPS) is 11.9. The van der Waals surface area contributed by atoms with Crippen LogP contribution in [0.15, 0.2) is 56.2 Å². The molecule has 0 spiro atoms. The van der Waals surface area contributed by atoms with Gasteiger partial charge in [-0.25, -0.2) is 4.39 Å². The van der Waals surface area contributed by atoms with Gasteiger partial charge in [-0.1, -0.05) is 6.92 Å². The molecule has 0 saturated carbocycles. The van der Waals surface area contributed by atoms with Crippen molar-refractivity contribution in [2.75, 3.05) is 11.9 Å². The third-order valence-electron chi connectivity index (χ3n) is 6.12. The second-order valence-electron chi connectivity index (χ2n) is 8.48. The number of H-pyrrole nitrogens is 1. The zero-order valence-electron chi connectivity index (χ0n) is 18.8. The van der Waals surface area contributed by atoms with Gasteiger partial charge in [0.05, 0.1) is 32.9 Å². The highest BCUT2D eigenvalue weighted by Crippen LogP contribution is 2.35. The van der Waals surface area contributed by atoms with Crippen molar-refractivity contribution in [2.45, 2.75) is 20.3 Å². The zero-order chi connectivity index (χ0) is 24.4. The Morgan fingerprint density at radius 3 is 2.69 bits per heavy atom. The Balaban J connectivity index is 1.76. The fraction of sp³-hybridized carbons (Fsp3) is 0.160. The SMILES string of the molecule is CCCNc1c(F)cc2c(=O)c(C)cn3c4cc5oc6cc([N+](=O)[O-])ccc6[nH]c5cc4oc1c23. The number of non-ortho nitro benzene ring substituents is 1. The van der Waals surface area contributed by atoms with Crippen LogP contribution >= 0.6 is 0 Å². The van der Waals surface area contributed by atoms with Crippen LogP contribution in [0.2, 0.25) is 0 Å². The Labute approximate surface area is 195 Å². The number of fused-ring (bicyclic) bond motifs is 4. The molecule has 0 radical (unpaired) electrons. The lowest BCUT2D eigenvalue weighted by atomic mass is 10.1. The van der Waals surface area contributed by atoms with E-state index in [1.165, 1.54) is 18.2 Å². The highest BCUT2D eigenvalue weighted by atomic mass is 19.1. The lowest BCUT2D eigenvalue weighted by Gasteiger charge is -2.16. The summed E-state index contributed by atoms with van der Waals surface area (Å²) in [5.41, 5.74) is 3.90. The van der Waals surface area contributed by atoms with E-state index < -0.39 is 10.7 Å². The quantitative estimate of drug-likeness (QED) is 0.137. The van der Waals surface area contributed by atoms with Crippen molar-refractivity contribution >= 4 is 61.2 Å². The summed E-state index contributed by atoms with van der Waals surface area (Å²) in [4.78, 5) is 26.8. The molecule has 6 aromatic rings. The van der Waals surface area contributed by atoms with Crippen LogP contribution in [0, 0.1) is 22.9 Å². The number of pyridine rings is 1. The number of aryl methyl sites for hydroxylation is 1. The summed E-state index contributed by atoms with van der Waals surface area (Å²) in [6.07, 6.45) is 2.47. The lowest BCUT2D eigenvalue weighted by molar-refractivity contribution is -0.384. The van der Waals surface area contributed by atoms with Gasteiger partial charge in [-0.2, -0.15) is 0 Å². The van der Waals surface area contributed by atoms with Crippen LogP contribution in [0.3, 0.4) is 0 Å². The van der Waals surface area contributed by atoms with Gasteiger partial charge in [0.25, 0.3) is 5.69 Å². The highest BCUT2D eigenvalue weighted by Gasteiger charge is 2.20. The van der Waals surface area contributed by atoms with E-state index in [9.17, 15) is 14.9 Å². The van der Waals surface area contributed by atoms with Gasteiger partial charge >= 0.3 is 0 Å². The van der Waals surface area contributed by atoms with Crippen LogP contribution in [0.1, 0.15) is 18.9 Å². The summed E-state index contributed by atoms with van der Waals surface area (Å²) in [6.45, 7) is 4.18. The molecular formula is C25H19FN4O5. The molecule has 2 N–H and O–H groups in total. The summed E-state index contributed by atoms with van der Waals surface area (Å²) < 4.78 is 29.1. The molecule has 6 rings (SSSR count). The number of hydrogen-bond donors (Lipinski definition) is 2. The molecule has 0 atom stereocenters. The minimum absolute atomic E-state index is 0.0869. The van der Waals surface area contributed by atoms with E-state index in [0.717, 1.165) is 6.42 Å². The Hall–Kier alpha value is -4.60. The van der Waals surface area contributed by atoms with E-state index in [4.69, 9.17) is 8.83 Å². The average molecular weight is 474 g/mol. The van der Waals surface area contributed by atoms with Crippen LogP contribution < -0.4 is 10.7 Å². The van der Waals surface area contributed by atoms with Gasteiger partial charge in [-0.05, 0) is 25.5 Å². The van der Waals surface area contributed by atoms with Gasteiger partial charge in [0.1, 0.15) is 11.2 Å². The molecule has 0 fully saturated rings. The van der Waals surface area contributed by atoms with Crippen LogP contribution in [0.25, 0.3) is 49.8 Å². The molecule has 0 bridgehead atoms. The largest absolute Gasteiger partial charge is 0.453 e. The minimum Gasteiger partial charge on any atom is -0.453 e. The molecule has 0 aliphatic rings. The first-order valence-electron chi connectivity index (χ1n) is 11.1. The number of aromatic amines is 1. The van der Waals surface area contributed by atoms with Gasteiger partial charge in [0, 0.05) is 36.5 Å².